The normalized spacial score (nSPS) is 15.9. The van der Waals surface area contributed by atoms with Gasteiger partial charge in [-0.2, -0.15) is 0 Å². The van der Waals surface area contributed by atoms with Gasteiger partial charge in [0, 0.05) is 18.3 Å². The molecular weight excluding hydrogens is 452 g/mol. The maximum atomic E-state index is 12.0. The third kappa shape index (κ3) is 5.80. The molecule has 0 radical (unpaired) electrons. The minimum absolute atomic E-state index is 0.102. The predicted octanol–water partition coefficient (Wildman–Crippen LogP) is 4.40. The highest BCUT2D eigenvalue weighted by Crippen LogP contribution is 2.39. The van der Waals surface area contributed by atoms with E-state index >= 15 is 0 Å². The first kappa shape index (κ1) is 24.1. The molecule has 10 nitrogen and oxygen atoms in total. The molecule has 0 saturated carbocycles. The van der Waals surface area contributed by atoms with Crippen molar-refractivity contribution in [2.75, 3.05) is 22.8 Å². The van der Waals surface area contributed by atoms with Gasteiger partial charge in [-0.3, -0.25) is 4.72 Å². The van der Waals surface area contributed by atoms with Crippen LogP contribution in [0, 0.1) is 0 Å². The second kappa shape index (κ2) is 11.3. The molecule has 2 aromatic rings. The van der Waals surface area contributed by atoms with Gasteiger partial charge in [-0.05, 0) is 50.3 Å². The number of azo groups is 1. The zero-order valence-corrected chi connectivity index (χ0v) is 20.1. The molecule has 1 N–H and O–H groups in total. The van der Waals surface area contributed by atoms with Crippen molar-refractivity contribution in [2.45, 2.75) is 58.9 Å². The molecule has 32 heavy (non-hydrogen) atoms. The topological polar surface area (TPSA) is 126 Å². The number of hydrogen-bond acceptors (Lipinski definition) is 10. The van der Waals surface area contributed by atoms with E-state index in [-0.39, 0.29) is 10.1 Å². The van der Waals surface area contributed by atoms with Crippen molar-refractivity contribution < 1.29 is 17.9 Å². The van der Waals surface area contributed by atoms with E-state index in [1.54, 1.807) is 0 Å². The van der Waals surface area contributed by atoms with Crippen LogP contribution in [0.5, 0.6) is 0 Å². The number of nitrogens with one attached hydrogen (secondary N) is 1. The number of aromatic nitrogens is 2. The number of thiol groups is 1. The third-order valence-electron chi connectivity index (χ3n) is 5.28. The van der Waals surface area contributed by atoms with Crippen molar-refractivity contribution in [2.24, 2.45) is 10.2 Å². The fraction of sp³-hybridized carbons (Fsp3) is 0.550. The van der Waals surface area contributed by atoms with Crippen molar-refractivity contribution in [3.05, 3.63) is 22.7 Å². The van der Waals surface area contributed by atoms with Crippen LogP contribution >= 0.6 is 11.3 Å². The second-order valence-corrected chi connectivity index (χ2v) is 9.03. The van der Waals surface area contributed by atoms with E-state index in [0.29, 0.717) is 24.0 Å². The van der Waals surface area contributed by atoms with Crippen molar-refractivity contribution >= 4 is 50.4 Å². The lowest BCUT2D eigenvalue weighted by molar-refractivity contribution is 0.0498. The molecule has 0 fully saturated rings. The van der Waals surface area contributed by atoms with Gasteiger partial charge < -0.3 is 9.64 Å². The summed E-state index contributed by atoms with van der Waals surface area (Å²) in [6, 6.07) is 4.09. The van der Waals surface area contributed by atoms with E-state index in [4.69, 9.17) is 4.74 Å². The van der Waals surface area contributed by atoms with Gasteiger partial charge in [-0.25, -0.2) is 13.2 Å². The summed E-state index contributed by atoms with van der Waals surface area (Å²) in [6.45, 7) is 7.41. The van der Waals surface area contributed by atoms with E-state index in [1.807, 2.05) is 19.1 Å². The van der Waals surface area contributed by atoms with Gasteiger partial charge in [0.25, 0.3) is 5.13 Å². The van der Waals surface area contributed by atoms with Gasteiger partial charge in [-0.15, -0.1) is 20.4 Å². The van der Waals surface area contributed by atoms with Crippen LogP contribution in [0.3, 0.4) is 0 Å². The van der Waals surface area contributed by atoms with Crippen LogP contribution in [0.1, 0.15) is 61.8 Å². The molecule has 0 saturated heterocycles. The van der Waals surface area contributed by atoms with Crippen LogP contribution in [0.15, 0.2) is 22.4 Å². The molecule has 1 unspecified atom stereocenters. The summed E-state index contributed by atoms with van der Waals surface area (Å²) >= 11 is 0.969. The van der Waals surface area contributed by atoms with Gasteiger partial charge in [0.1, 0.15) is 5.69 Å². The molecule has 1 atom stereocenters. The molecule has 0 amide bonds. The SMILES string of the molecule is CCCCOC(=O)c1nnc(N=Nc2cc3c(cc2N[SH](=O)=O)N(CC)C(CC)CC3)s1. The lowest BCUT2D eigenvalue weighted by atomic mass is 9.93. The average molecular weight is 481 g/mol. The first-order valence-corrected chi connectivity index (χ1v) is 12.7. The van der Waals surface area contributed by atoms with Gasteiger partial charge >= 0.3 is 5.97 Å². The average Bonchev–Trinajstić information content (AvgIpc) is 3.25. The molecule has 0 spiro atoms. The van der Waals surface area contributed by atoms with E-state index in [2.05, 4.69) is 43.9 Å². The molecule has 1 aromatic carbocycles. The molecule has 1 aromatic heterocycles. The largest absolute Gasteiger partial charge is 0.460 e. The summed E-state index contributed by atoms with van der Waals surface area (Å²) in [5.74, 6) is -0.540. The molecule has 12 heteroatoms. The molecule has 0 bridgehead atoms. The third-order valence-corrected chi connectivity index (χ3v) is 6.49. The van der Waals surface area contributed by atoms with Crippen molar-refractivity contribution in [3.8, 4) is 0 Å². The molecule has 1 aliphatic heterocycles. The second-order valence-electron chi connectivity index (χ2n) is 7.33. The Hall–Kier alpha value is -2.60. The van der Waals surface area contributed by atoms with Gasteiger partial charge in [0.15, 0.2) is 0 Å². The molecular formula is C20H28N6O4S2. The summed E-state index contributed by atoms with van der Waals surface area (Å²) in [7, 11) is -2.87. The zero-order chi connectivity index (χ0) is 23.1. The van der Waals surface area contributed by atoms with Gasteiger partial charge in [0.2, 0.25) is 15.9 Å². The number of ether oxygens (including phenoxy) is 1. The Bertz CT molecular complexity index is 1040. The number of esters is 1. The van der Waals surface area contributed by atoms with Crippen molar-refractivity contribution in [3.63, 3.8) is 0 Å². The number of carbonyl (C=O) groups excluding carboxylic acids is 1. The Morgan fingerprint density at radius 2 is 2.09 bits per heavy atom. The summed E-state index contributed by atoms with van der Waals surface area (Å²) < 4.78 is 30.4. The smallest absolute Gasteiger partial charge is 0.369 e. The van der Waals surface area contributed by atoms with E-state index in [1.165, 1.54) is 0 Å². The Morgan fingerprint density at radius 3 is 2.78 bits per heavy atom. The molecule has 1 aliphatic rings. The Balaban J connectivity index is 1.86. The van der Waals surface area contributed by atoms with E-state index in [9.17, 15) is 13.2 Å². The number of rotatable bonds is 10. The predicted molar refractivity (Wildman–Crippen MR) is 125 cm³/mol. The Morgan fingerprint density at radius 1 is 1.28 bits per heavy atom. The van der Waals surface area contributed by atoms with Gasteiger partial charge in [0.05, 0.1) is 12.3 Å². The first-order chi connectivity index (χ1) is 15.5. The summed E-state index contributed by atoms with van der Waals surface area (Å²) in [5, 5.41) is 16.2. The monoisotopic (exact) mass is 480 g/mol. The highest BCUT2D eigenvalue weighted by Gasteiger charge is 2.25. The van der Waals surface area contributed by atoms with Crippen LogP contribution in [-0.4, -0.2) is 43.8 Å². The maximum absolute atomic E-state index is 12.0. The quantitative estimate of drug-likeness (QED) is 0.223. The number of carbonyl (C=O) groups is 1. The standard InChI is InChI=1S/C20H28N6O4S2/c1-4-7-10-30-19(27)18-22-24-20(31-18)23-21-15-11-13-8-9-14(5-2)26(6-3)17(13)12-16(15)25-32(28)29/h11-12,14,32H,4-10H2,1-3H3,(H,25,28,29). The highest BCUT2D eigenvalue weighted by molar-refractivity contribution is 7.73. The van der Waals surface area contributed by atoms with E-state index in [0.717, 1.165) is 61.2 Å². The lowest BCUT2D eigenvalue weighted by Crippen LogP contribution is -2.38. The van der Waals surface area contributed by atoms with Crippen molar-refractivity contribution in [1.82, 2.24) is 10.2 Å². The number of aryl methyl sites for hydroxylation is 1. The van der Waals surface area contributed by atoms with E-state index < -0.39 is 16.9 Å². The summed E-state index contributed by atoms with van der Waals surface area (Å²) in [4.78, 5) is 14.3. The molecule has 2 heterocycles. The fourth-order valence-corrected chi connectivity index (χ4v) is 4.63. The first-order valence-electron chi connectivity index (χ1n) is 10.7. The molecule has 3 rings (SSSR count). The highest BCUT2D eigenvalue weighted by atomic mass is 32.2. The number of anilines is 2. The number of fused-ring (bicyclic) bond motifs is 1. The van der Waals surface area contributed by atoms with Crippen LogP contribution in [0.4, 0.5) is 22.2 Å². The van der Waals surface area contributed by atoms with Crippen molar-refractivity contribution in [1.29, 1.82) is 0 Å². The summed E-state index contributed by atoms with van der Waals surface area (Å²) in [5.41, 5.74) is 2.84. The number of nitrogens with zero attached hydrogens (tertiary/aromatic N) is 5. The maximum Gasteiger partial charge on any atom is 0.369 e. The fourth-order valence-electron chi connectivity index (χ4n) is 3.69. The minimum Gasteiger partial charge on any atom is -0.460 e. The lowest BCUT2D eigenvalue weighted by Gasteiger charge is -2.38. The molecule has 174 valence electrons. The van der Waals surface area contributed by atoms with Gasteiger partial charge in [-0.1, -0.05) is 31.6 Å². The zero-order valence-electron chi connectivity index (χ0n) is 18.4. The number of unbranched alkanes of at least 4 members (excludes halogenated alkanes) is 1. The summed E-state index contributed by atoms with van der Waals surface area (Å²) in [6.07, 6.45) is 4.62. The Kier molecular flexibility index (Phi) is 8.51. The number of benzene rings is 1. The Labute approximate surface area is 193 Å². The van der Waals surface area contributed by atoms with Crippen LogP contribution in [0.2, 0.25) is 0 Å². The number of hydrogen-bond donors (Lipinski definition) is 2. The van der Waals surface area contributed by atoms with Crippen LogP contribution in [-0.2, 0) is 22.0 Å². The minimum atomic E-state index is -2.87. The van der Waals surface area contributed by atoms with Crippen LogP contribution in [0.25, 0.3) is 0 Å². The van der Waals surface area contributed by atoms with Crippen LogP contribution < -0.4 is 9.62 Å². The molecule has 0 aliphatic carbocycles.